The van der Waals surface area contributed by atoms with Crippen molar-refractivity contribution in [1.82, 2.24) is 0 Å². The zero-order chi connectivity index (χ0) is 27.6. The lowest BCUT2D eigenvalue weighted by Gasteiger charge is -2.37. The lowest BCUT2D eigenvalue weighted by atomic mass is 9.64. The van der Waals surface area contributed by atoms with Crippen LogP contribution in [0.25, 0.3) is 6.08 Å². The summed E-state index contributed by atoms with van der Waals surface area (Å²) in [6.45, 7) is 0. The Hall–Kier alpha value is -4.84. The molecular formula is C34H24FNO4. The maximum Gasteiger partial charge on any atom is 0.185 e. The average molecular weight is 530 g/mol. The van der Waals surface area contributed by atoms with Gasteiger partial charge in [-0.2, -0.15) is 0 Å². The van der Waals surface area contributed by atoms with E-state index in [4.69, 9.17) is 4.74 Å². The molecule has 6 heteroatoms. The number of fused-ring (bicyclic) bond motifs is 5. The van der Waals surface area contributed by atoms with Crippen LogP contribution >= 0.6 is 0 Å². The highest BCUT2D eigenvalue weighted by atomic mass is 19.1. The highest BCUT2D eigenvalue weighted by Gasteiger charge is 2.71. The lowest BCUT2D eigenvalue weighted by Crippen LogP contribution is -2.48. The van der Waals surface area contributed by atoms with Crippen LogP contribution in [-0.2, 0) is 0 Å². The number of halogens is 1. The van der Waals surface area contributed by atoms with Crippen molar-refractivity contribution >= 4 is 29.1 Å². The van der Waals surface area contributed by atoms with E-state index in [9.17, 15) is 18.8 Å². The number of carbonyl (C=O) groups excluding carboxylic acids is 3. The molecule has 2 aliphatic heterocycles. The van der Waals surface area contributed by atoms with Gasteiger partial charge in [-0.25, -0.2) is 4.39 Å². The van der Waals surface area contributed by atoms with Gasteiger partial charge in [-0.05, 0) is 53.6 Å². The first-order chi connectivity index (χ1) is 19.5. The van der Waals surface area contributed by atoms with Crippen LogP contribution in [-0.4, -0.2) is 36.5 Å². The number of anilines is 1. The molecule has 3 atom stereocenters. The molecule has 0 amide bonds. The normalized spacial score (nSPS) is 21.8. The van der Waals surface area contributed by atoms with Crippen molar-refractivity contribution in [3.05, 3.63) is 137 Å². The van der Waals surface area contributed by atoms with E-state index < -0.39 is 29.2 Å². The minimum Gasteiger partial charge on any atom is -0.497 e. The number of hydrogen-bond acceptors (Lipinski definition) is 5. The summed E-state index contributed by atoms with van der Waals surface area (Å²) in [6.07, 6.45) is 3.81. The fourth-order valence-electron chi connectivity index (χ4n) is 6.91. The standard InChI is InChI=1S/C34H24FNO4/c1-40-24-9-6-8-22(19-24)29-30(31(37)21-13-16-23(35)17-14-21)36-27-12-5-2-7-20(27)15-18-28(36)34(29)32(38)25-10-3-4-11-26(25)33(34)39/h2-19,28-30H,1H3/t28?,29-,30+/m0/s1. The summed E-state index contributed by atoms with van der Waals surface area (Å²) in [5.74, 6) is -1.64. The van der Waals surface area contributed by atoms with Crippen LogP contribution in [0.3, 0.4) is 0 Å². The van der Waals surface area contributed by atoms with Gasteiger partial charge in [0.25, 0.3) is 0 Å². The minimum atomic E-state index is -1.60. The third kappa shape index (κ3) is 3.16. The van der Waals surface area contributed by atoms with E-state index in [1.54, 1.807) is 49.6 Å². The van der Waals surface area contributed by atoms with E-state index in [2.05, 4.69) is 0 Å². The van der Waals surface area contributed by atoms with Crippen LogP contribution in [0.2, 0.25) is 0 Å². The Bertz CT molecular complexity index is 1710. The summed E-state index contributed by atoms with van der Waals surface area (Å²) in [4.78, 5) is 45.7. The Balaban J connectivity index is 1.55. The first kappa shape index (κ1) is 24.2. The monoisotopic (exact) mass is 529 g/mol. The predicted molar refractivity (Wildman–Crippen MR) is 150 cm³/mol. The van der Waals surface area contributed by atoms with Crippen LogP contribution in [0.5, 0.6) is 5.75 Å². The van der Waals surface area contributed by atoms with Crippen molar-refractivity contribution in [3.63, 3.8) is 0 Å². The van der Waals surface area contributed by atoms with Crippen molar-refractivity contribution < 1.29 is 23.5 Å². The van der Waals surface area contributed by atoms with Gasteiger partial charge in [-0.15, -0.1) is 0 Å². The number of Topliss-reactive ketones (excluding diaryl/α,β-unsaturated/α-hetero) is 3. The summed E-state index contributed by atoms with van der Waals surface area (Å²) in [6, 6.07) is 25.5. The van der Waals surface area contributed by atoms with E-state index in [0.717, 1.165) is 11.3 Å². The third-order valence-corrected chi connectivity index (χ3v) is 8.56. The van der Waals surface area contributed by atoms with Gasteiger partial charge in [0.2, 0.25) is 0 Å². The first-order valence-corrected chi connectivity index (χ1v) is 13.1. The summed E-state index contributed by atoms with van der Waals surface area (Å²) >= 11 is 0. The molecule has 7 rings (SSSR count). The molecule has 40 heavy (non-hydrogen) atoms. The Labute approximate surface area is 230 Å². The molecule has 1 fully saturated rings. The molecule has 1 spiro atoms. The zero-order valence-corrected chi connectivity index (χ0v) is 21.6. The van der Waals surface area contributed by atoms with Crippen molar-refractivity contribution in [2.45, 2.75) is 18.0 Å². The number of hydrogen-bond donors (Lipinski definition) is 0. The summed E-state index contributed by atoms with van der Waals surface area (Å²) in [7, 11) is 1.55. The van der Waals surface area contributed by atoms with Gasteiger partial charge in [0.15, 0.2) is 17.3 Å². The van der Waals surface area contributed by atoms with Crippen LogP contribution in [0.1, 0.15) is 48.1 Å². The van der Waals surface area contributed by atoms with Gasteiger partial charge in [0.05, 0.1) is 13.2 Å². The first-order valence-electron chi connectivity index (χ1n) is 13.1. The summed E-state index contributed by atoms with van der Waals surface area (Å²) in [5, 5.41) is 0. The highest BCUT2D eigenvalue weighted by molar-refractivity contribution is 6.32. The lowest BCUT2D eigenvalue weighted by molar-refractivity contribution is 0.0665. The molecule has 3 aliphatic rings. The quantitative estimate of drug-likeness (QED) is 0.234. The molecule has 1 aliphatic carbocycles. The van der Waals surface area contributed by atoms with Gasteiger partial charge in [0, 0.05) is 28.3 Å². The Morgan fingerprint density at radius 3 is 2.23 bits per heavy atom. The molecule has 5 nitrogen and oxygen atoms in total. The van der Waals surface area contributed by atoms with Crippen molar-refractivity contribution in [3.8, 4) is 5.75 Å². The molecule has 0 aromatic heterocycles. The van der Waals surface area contributed by atoms with Crippen LogP contribution in [0, 0.1) is 11.2 Å². The van der Waals surface area contributed by atoms with Crippen LogP contribution in [0.4, 0.5) is 10.1 Å². The largest absolute Gasteiger partial charge is 0.497 e. The van der Waals surface area contributed by atoms with Crippen molar-refractivity contribution in [2.75, 3.05) is 12.0 Å². The van der Waals surface area contributed by atoms with E-state index in [-0.39, 0.29) is 17.3 Å². The SMILES string of the molecule is COc1cccc([C@H]2[C@H](C(=O)c3ccc(F)cc3)N3c4ccccc4C=CC3C23C(=O)c2ccccc2C3=O)c1. The second-order valence-electron chi connectivity index (χ2n) is 10.4. The second kappa shape index (κ2) is 8.85. The van der Waals surface area contributed by atoms with Crippen molar-refractivity contribution in [2.24, 2.45) is 5.41 Å². The van der Waals surface area contributed by atoms with E-state index in [1.165, 1.54) is 24.3 Å². The number of benzene rings is 4. The molecule has 0 radical (unpaired) electrons. The molecule has 2 heterocycles. The fourth-order valence-corrected chi connectivity index (χ4v) is 6.91. The van der Waals surface area contributed by atoms with Crippen LogP contribution in [0.15, 0.2) is 103 Å². The second-order valence-corrected chi connectivity index (χ2v) is 10.4. The molecule has 0 saturated carbocycles. The van der Waals surface area contributed by atoms with Crippen molar-refractivity contribution in [1.29, 1.82) is 0 Å². The molecule has 1 unspecified atom stereocenters. The van der Waals surface area contributed by atoms with E-state index in [1.807, 2.05) is 47.4 Å². The van der Waals surface area contributed by atoms with Gasteiger partial charge in [-0.3, -0.25) is 14.4 Å². The Morgan fingerprint density at radius 2 is 1.52 bits per heavy atom. The zero-order valence-electron chi connectivity index (χ0n) is 21.6. The Kier molecular flexibility index (Phi) is 5.36. The molecule has 4 aromatic carbocycles. The molecule has 0 bridgehead atoms. The van der Waals surface area contributed by atoms with E-state index >= 15 is 0 Å². The number of ketones is 3. The number of para-hydroxylation sites is 1. The molecule has 0 N–H and O–H groups in total. The molecule has 196 valence electrons. The number of methoxy groups -OCH3 is 1. The Morgan fingerprint density at radius 1 is 0.850 bits per heavy atom. The van der Waals surface area contributed by atoms with Gasteiger partial charge in [-0.1, -0.05) is 66.7 Å². The topological polar surface area (TPSA) is 63.7 Å². The highest BCUT2D eigenvalue weighted by Crippen LogP contribution is 2.61. The van der Waals surface area contributed by atoms with Gasteiger partial charge < -0.3 is 9.64 Å². The molecular weight excluding hydrogens is 505 g/mol. The average Bonchev–Trinajstić information content (AvgIpc) is 3.43. The summed E-state index contributed by atoms with van der Waals surface area (Å²) in [5.41, 5.74) is 1.72. The van der Waals surface area contributed by atoms with Gasteiger partial charge in [0.1, 0.15) is 23.0 Å². The van der Waals surface area contributed by atoms with Crippen LogP contribution < -0.4 is 9.64 Å². The maximum absolute atomic E-state index is 14.6. The number of rotatable bonds is 4. The number of ether oxygens (including phenoxy) is 1. The fraction of sp³-hybridized carbons (Fsp3) is 0.147. The third-order valence-electron chi connectivity index (χ3n) is 8.56. The van der Waals surface area contributed by atoms with E-state index in [0.29, 0.717) is 28.0 Å². The maximum atomic E-state index is 14.6. The predicted octanol–water partition coefficient (Wildman–Crippen LogP) is 6.15. The molecule has 1 saturated heterocycles. The number of nitrogens with zero attached hydrogens (tertiary/aromatic N) is 1. The number of carbonyl (C=O) groups is 3. The summed E-state index contributed by atoms with van der Waals surface area (Å²) < 4.78 is 19.4. The smallest absolute Gasteiger partial charge is 0.185 e. The van der Waals surface area contributed by atoms with Gasteiger partial charge >= 0.3 is 0 Å². The molecule has 4 aromatic rings. The minimum absolute atomic E-state index is 0.295.